The lowest BCUT2D eigenvalue weighted by Crippen LogP contribution is -2.05. The van der Waals surface area contributed by atoms with Crippen LogP contribution in [0.4, 0.5) is 0 Å². The van der Waals surface area contributed by atoms with Crippen molar-refractivity contribution in [2.45, 2.75) is 59.4 Å². The van der Waals surface area contributed by atoms with E-state index in [4.69, 9.17) is 0 Å². The second-order valence-electron chi connectivity index (χ2n) is 3.80. The summed E-state index contributed by atoms with van der Waals surface area (Å²) in [6.07, 6.45) is 3.40. The van der Waals surface area contributed by atoms with Crippen LogP contribution in [0.3, 0.4) is 0 Å². The van der Waals surface area contributed by atoms with Crippen LogP contribution in [-0.2, 0) is 13.0 Å². The SMILES string of the molecule is CCCc1c(C(C)CC)nnn1CC. The maximum atomic E-state index is 4.29. The Morgan fingerprint density at radius 2 is 2.00 bits per heavy atom. The minimum absolute atomic E-state index is 0.539. The van der Waals surface area contributed by atoms with Crippen molar-refractivity contribution < 1.29 is 0 Å². The molecule has 0 radical (unpaired) electrons. The maximum absolute atomic E-state index is 4.29. The summed E-state index contributed by atoms with van der Waals surface area (Å²) < 4.78 is 2.03. The van der Waals surface area contributed by atoms with Crippen LogP contribution in [-0.4, -0.2) is 15.0 Å². The molecule has 3 heteroatoms. The Bertz CT molecular complexity index is 278. The third-order valence-corrected chi connectivity index (χ3v) is 2.73. The highest BCUT2D eigenvalue weighted by Crippen LogP contribution is 2.21. The van der Waals surface area contributed by atoms with Crippen LogP contribution in [0.15, 0.2) is 0 Å². The second-order valence-corrected chi connectivity index (χ2v) is 3.80. The van der Waals surface area contributed by atoms with Gasteiger partial charge in [0.25, 0.3) is 0 Å². The first-order chi connectivity index (χ1) is 6.74. The van der Waals surface area contributed by atoms with Gasteiger partial charge in [-0.15, -0.1) is 5.10 Å². The Labute approximate surface area is 86.5 Å². The topological polar surface area (TPSA) is 30.7 Å². The molecule has 1 heterocycles. The molecule has 0 bridgehead atoms. The quantitative estimate of drug-likeness (QED) is 0.723. The van der Waals surface area contributed by atoms with Gasteiger partial charge in [-0.1, -0.05) is 32.4 Å². The molecule has 1 unspecified atom stereocenters. The van der Waals surface area contributed by atoms with E-state index in [-0.39, 0.29) is 0 Å². The van der Waals surface area contributed by atoms with Gasteiger partial charge in [-0.2, -0.15) is 0 Å². The number of hydrogen-bond donors (Lipinski definition) is 0. The molecule has 0 aliphatic heterocycles. The van der Waals surface area contributed by atoms with E-state index in [9.17, 15) is 0 Å². The number of aryl methyl sites for hydroxylation is 1. The van der Waals surface area contributed by atoms with E-state index in [2.05, 4.69) is 38.0 Å². The van der Waals surface area contributed by atoms with Gasteiger partial charge in [-0.3, -0.25) is 0 Å². The monoisotopic (exact) mass is 195 g/mol. The number of hydrogen-bond acceptors (Lipinski definition) is 2. The van der Waals surface area contributed by atoms with Gasteiger partial charge in [0.1, 0.15) is 0 Å². The Morgan fingerprint density at radius 1 is 1.29 bits per heavy atom. The van der Waals surface area contributed by atoms with Crippen molar-refractivity contribution in [3.05, 3.63) is 11.4 Å². The highest BCUT2D eigenvalue weighted by molar-refractivity contribution is 5.14. The van der Waals surface area contributed by atoms with Crippen LogP contribution in [0.25, 0.3) is 0 Å². The van der Waals surface area contributed by atoms with Gasteiger partial charge in [-0.05, 0) is 19.8 Å². The molecule has 80 valence electrons. The molecule has 0 saturated heterocycles. The van der Waals surface area contributed by atoms with Crippen molar-refractivity contribution in [2.24, 2.45) is 0 Å². The van der Waals surface area contributed by atoms with Gasteiger partial charge in [0.15, 0.2) is 0 Å². The average Bonchev–Trinajstić information content (AvgIpc) is 2.60. The molecule has 1 atom stereocenters. The first-order valence-corrected chi connectivity index (χ1v) is 5.66. The van der Waals surface area contributed by atoms with Crippen LogP contribution in [0.2, 0.25) is 0 Å². The van der Waals surface area contributed by atoms with Crippen LogP contribution < -0.4 is 0 Å². The van der Waals surface area contributed by atoms with E-state index in [0.717, 1.165) is 25.8 Å². The summed E-state index contributed by atoms with van der Waals surface area (Å²) in [4.78, 5) is 0. The first kappa shape index (κ1) is 11.2. The van der Waals surface area contributed by atoms with E-state index < -0.39 is 0 Å². The Kier molecular flexibility index (Phi) is 4.11. The summed E-state index contributed by atoms with van der Waals surface area (Å²) in [5.74, 6) is 0.539. The van der Waals surface area contributed by atoms with E-state index in [1.807, 2.05) is 4.68 Å². The minimum atomic E-state index is 0.539. The van der Waals surface area contributed by atoms with Crippen molar-refractivity contribution >= 4 is 0 Å². The predicted molar refractivity (Wildman–Crippen MR) is 58.4 cm³/mol. The second kappa shape index (κ2) is 5.13. The summed E-state index contributed by atoms with van der Waals surface area (Å²) in [5.41, 5.74) is 2.54. The Morgan fingerprint density at radius 3 is 2.50 bits per heavy atom. The molecule has 0 aliphatic carbocycles. The van der Waals surface area contributed by atoms with Crippen LogP contribution in [0.5, 0.6) is 0 Å². The predicted octanol–water partition coefficient (Wildman–Crippen LogP) is 2.76. The van der Waals surface area contributed by atoms with Crippen molar-refractivity contribution in [3.63, 3.8) is 0 Å². The van der Waals surface area contributed by atoms with E-state index in [0.29, 0.717) is 5.92 Å². The summed E-state index contributed by atoms with van der Waals surface area (Å²) in [6, 6.07) is 0. The zero-order chi connectivity index (χ0) is 10.6. The van der Waals surface area contributed by atoms with Gasteiger partial charge in [0, 0.05) is 12.5 Å². The first-order valence-electron chi connectivity index (χ1n) is 5.66. The molecule has 0 spiro atoms. The molecule has 3 nitrogen and oxygen atoms in total. The van der Waals surface area contributed by atoms with E-state index in [1.54, 1.807) is 0 Å². The highest BCUT2D eigenvalue weighted by Gasteiger charge is 2.15. The third kappa shape index (κ3) is 2.14. The minimum Gasteiger partial charge on any atom is -0.249 e. The molecule has 1 aromatic heterocycles. The normalized spacial score (nSPS) is 13.1. The smallest absolute Gasteiger partial charge is 0.0887 e. The van der Waals surface area contributed by atoms with Gasteiger partial charge in [0.05, 0.1) is 11.4 Å². The molecule has 0 amide bonds. The molecule has 0 aliphatic rings. The molecule has 0 aromatic carbocycles. The largest absolute Gasteiger partial charge is 0.249 e. The van der Waals surface area contributed by atoms with E-state index >= 15 is 0 Å². The molecule has 0 N–H and O–H groups in total. The summed E-state index contributed by atoms with van der Waals surface area (Å²) >= 11 is 0. The van der Waals surface area contributed by atoms with E-state index in [1.165, 1.54) is 11.4 Å². The number of nitrogens with zero attached hydrogens (tertiary/aromatic N) is 3. The van der Waals surface area contributed by atoms with Crippen molar-refractivity contribution in [3.8, 4) is 0 Å². The van der Waals surface area contributed by atoms with Gasteiger partial charge < -0.3 is 0 Å². The lowest BCUT2D eigenvalue weighted by atomic mass is 10.0. The van der Waals surface area contributed by atoms with Gasteiger partial charge >= 0.3 is 0 Å². The molecule has 1 rings (SSSR count). The Hall–Kier alpha value is -0.860. The molecule has 14 heavy (non-hydrogen) atoms. The van der Waals surface area contributed by atoms with Crippen molar-refractivity contribution in [1.82, 2.24) is 15.0 Å². The molecule has 1 aromatic rings. The van der Waals surface area contributed by atoms with Crippen LogP contribution >= 0.6 is 0 Å². The van der Waals surface area contributed by atoms with Crippen molar-refractivity contribution in [2.75, 3.05) is 0 Å². The standard InChI is InChI=1S/C11H21N3/c1-5-8-10-11(9(4)6-2)12-13-14(10)7-3/h9H,5-8H2,1-4H3. The Balaban J connectivity index is 2.97. The molecular formula is C11H21N3. The van der Waals surface area contributed by atoms with Crippen LogP contribution in [0.1, 0.15) is 57.8 Å². The summed E-state index contributed by atoms with van der Waals surface area (Å²) in [7, 11) is 0. The zero-order valence-corrected chi connectivity index (χ0v) is 9.75. The zero-order valence-electron chi connectivity index (χ0n) is 9.75. The lowest BCUT2D eigenvalue weighted by molar-refractivity contribution is 0.593. The van der Waals surface area contributed by atoms with Gasteiger partial charge in [0.2, 0.25) is 0 Å². The maximum Gasteiger partial charge on any atom is 0.0887 e. The summed E-state index contributed by atoms with van der Waals surface area (Å²) in [5, 5.41) is 8.48. The van der Waals surface area contributed by atoms with Crippen LogP contribution in [0, 0.1) is 0 Å². The molecule has 0 fully saturated rings. The molecule has 0 saturated carbocycles. The van der Waals surface area contributed by atoms with Crippen molar-refractivity contribution in [1.29, 1.82) is 0 Å². The fraction of sp³-hybridized carbons (Fsp3) is 0.818. The average molecular weight is 195 g/mol. The number of rotatable bonds is 5. The number of aromatic nitrogens is 3. The third-order valence-electron chi connectivity index (χ3n) is 2.73. The molecular weight excluding hydrogens is 174 g/mol. The van der Waals surface area contributed by atoms with Gasteiger partial charge in [-0.25, -0.2) is 4.68 Å². The fourth-order valence-corrected chi connectivity index (χ4v) is 1.67. The fourth-order valence-electron chi connectivity index (χ4n) is 1.67. The lowest BCUT2D eigenvalue weighted by Gasteiger charge is -2.08. The summed E-state index contributed by atoms with van der Waals surface area (Å²) in [6.45, 7) is 9.68. The highest BCUT2D eigenvalue weighted by atomic mass is 15.4.